The van der Waals surface area contributed by atoms with Crippen molar-refractivity contribution in [2.45, 2.75) is 52.1 Å². The highest BCUT2D eigenvalue weighted by Gasteiger charge is 2.16. The number of urea groups is 1. The Balaban J connectivity index is 1.67. The molecule has 0 aliphatic heterocycles. The van der Waals surface area contributed by atoms with Crippen LogP contribution in [-0.2, 0) is 6.54 Å². The van der Waals surface area contributed by atoms with Crippen LogP contribution >= 0.6 is 0 Å². The first-order valence-corrected chi connectivity index (χ1v) is 10.3. The number of hydrogen-bond donors (Lipinski definition) is 3. The highest BCUT2D eigenvalue weighted by atomic mass is 19.1. The normalized spacial score (nSPS) is 12.1. The Morgan fingerprint density at radius 2 is 2.07 bits per heavy atom. The molecule has 2 amide bonds. The fraction of sp³-hybridized carbons (Fsp3) is 0.409. The zero-order valence-electron chi connectivity index (χ0n) is 17.6. The molecule has 7 nitrogen and oxygen atoms in total. The molecule has 0 aliphatic carbocycles. The maximum absolute atomic E-state index is 14.7. The molecular formula is C22H28FN5O2. The molecule has 0 saturated carbocycles. The predicted octanol–water partition coefficient (Wildman–Crippen LogP) is 4.17. The summed E-state index contributed by atoms with van der Waals surface area (Å²) in [5.41, 5.74) is 2.28. The number of carbonyl (C=O) groups is 1. The molecule has 1 unspecified atom stereocenters. The van der Waals surface area contributed by atoms with Crippen LogP contribution in [0, 0.1) is 5.82 Å². The van der Waals surface area contributed by atoms with Crippen LogP contribution in [0.2, 0.25) is 0 Å². The van der Waals surface area contributed by atoms with E-state index in [4.69, 9.17) is 0 Å². The lowest BCUT2D eigenvalue weighted by Gasteiger charge is -2.25. The van der Waals surface area contributed by atoms with E-state index in [-0.39, 0.29) is 24.3 Å². The Hall–Kier alpha value is -3.16. The minimum absolute atomic E-state index is 0.101. The Morgan fingerprint density at radius 1 is 1.27 bits per heavy atom. The number of aromatic amines is 2. The summed E-state index contributed by atoms with van der Waals surface area (Å²) in [7, 11) is 1.76. The van der Waals surface area contributed by atoms with Crippen LogP contribution in [0.25, 0.3) is 22.3 Å². The molecule has 160 valence electrons. The van der Waals surface area contributed by atoms with Crippen LogP contribution < -0.4 is 11.0 Å². The van der Waals surface area contributed by atoms with Crippen LogP contribution in [0.5, 0.6) is 0 Å². The number of aromatic nitrogens is 3. The summed E-state index contributed by atoms with van der Waals surface area (Å²) in [6.45, 7) is 4.27. The topological polar surface area (TPSA) is 93.9 Å². The summed E-state index contributed by atoms with van der Waals surface area (Å²) in [6, 6.07) is 6.44. The van der Waals surface area contributed by atoms with Crippen molar-refractivity contribution in [1.82, 2.24) is 25.2 Å². The molecule has 1 aromatic carbocycles. The zero-order valence-corrected chi connectivity index (χ0v) is 17.6. The van der Waals surface area contributed by atoms with Crippen molar-refractivity contribution in [2.75, 3.05) is 7.05 Å². The van der Waals surface area contributed by atoms with E-state index in [2.05, 4.69) is 27.2 Å². The molecule has 0 bridgehead atoms. The van der Waals surface area contributed by atoms with Gasteiger partial charge in [0.05, 0.1) is 5.52 Å². The van der Waals surface area contributed by atoms with E-state index in [0.717, 1.165) is 25.7 Å². The third-order valence-electron chi connectivity index (χ3n) is 5.42. The standard InChI is InChI=1S/C22H28FN5O2/c1-4-5-6-7-14(2)28(3)22(30)25-13-16-9-8-15(12-18(16)23)17-10-11-24-20-19(17)26-21(29)27-20/h8-12,14H,4-7,13H2,1-3H3,(H,25,30)(H2,24,26,27,29). The van der Waals surface area contributed by atoms with Crippen molar-refractivity contribution in [1.29, 1.82) is 0 Å². The molecular weight excluding hydrogens is 385 g/mol. The molecule has 30 heavy (non-hydrogen) atoms. The smallest absolute Gasteiger partial charge is 0.325 e. The second-order valence-electron chi connectivity index (χ2n) is 7.58. The lowest BCUT2D eigenvalue weighted by molar-refractivity contribution is 0.190. The van der Waals surface area contributed by atoms with E-state index in [0.29, 0.717) is 27.9 Å². The number of hydrogen-bond acceptors (Lipinski definition) is 3. The molecule has 1 atom stereocenters. The van der Waals surface area contributed by atoms with Gasteiger partial charge in [-0.15, -0.1) is 0 Å². The number of imidazole rings is 1. The first-order chi connectivity index (χ1) is 14.4. The molecule has 0 spiro atoms. The molecule has 8 heteroatoms. The quantitative estimate of drug-likeness (QED) is 0.484. The minimum atomic E-state index is -0.422. The summed E-state index contributed by atoms with van der Waals surface area (Å²) in [5, 5.41) is 2.79. The zero-order chi connectivity index (χ0) is 21.7. The van der Waals surface area contributed by atoms with Crippen LogP contribution in [-0.4, -0.2) is 39.0 Å². The Kier molecular flexibility index (Phi) is 6.87. The number of H-pyrrole nitrogens is 2. The molecule has 0 aliphatic rings. The monoisotopic (exact) mass is 413 g/mol. The fourth-order valence-corrected chi connectivity index (χ4v) is 3.41. The highest BCUT2D eigenvalue weighted by molar-refractivity contribution is 5.89. The first-order valence-electron chi connectivity index (χ1n) is 10.3. The van der Waals surface area contributed by atoms with Gasteiger partial charge in [-0.05, 0) is 31.0 Å². The van der Waals surface area contributed by atoms with Gasteiger partial charge in [0.1, 0.15) is 5.82 Å². The molecule has 3 rings (SSSR count). The van der Waals surface area contributed by atoms with Gasteiger partial charge in [0.15, 0.2) is 5.65 Å². The maximum Gasteiger partial charge on any atom is 0.325 e. The first kappa shape index (κ1) is 21.5. The van der Waals surface area contributed by atoms with Gasteiger partial charge < -0.3 is 15.2 Å². The van der Waals surface area contributed by atoms with Gasteiger partial charge in [-0.3, -0.25) is 4.98 Å². The number of nitrogens with zero attached hydrogens (tertiary/aromatic N) is 2. The summed E-state index contributed by atoms with van der Waals surface area (Å²) in [5.74, 6) is -0.422. The average molecular weight is 413 g/mol. The van der Waals surface area contributed by atoms with Crippen LogP contribution in [0.4, 0.5) is 9.18 Å². The van der Waals surface area contributed by atoms with Crippen molar-refractivity contribution in [3.05, 3.63) is 52.3 Å². The molecule has 2 heterocycles. The number of rotatable bonds is 8. The molecule has 0 fully saturated rings. The van der Waals surface area contributed by atoms with Gasteiger partial charge in [-0.2, -0.15) is 0 Å². The van der Waals surface area contributed by atoms with Crippen molar-refractivity contribution >= 4 is 17.2 Å². The van der Waals surface area contributed by atoms with Crippen LogP contribution in [0.1, 0.15) is 45.1 Å². The van der Waals surface area contributed by atoms with E-state index in [1.165, 1.54) is 6.07 Å². The van der Waals surface area contributed by atoms with Crippen molar-refractivity contribution < 1.29 is 9.18 Å². The van der Waals surface area contributed by atoms with E-state index in [9.17, 15) is 14.0 Å². The maximum atomic E-state index is 14.7. The highest BCUT2D eigenvalue weighted by Crippen LogP contribution is 2.26. The minimum Gasteiger partial charge on any atom is -0.334 e. The third kappa shape index (κ3) is 4.87. The van der Waals surface area contributed by atoms with Crippen molar-refractivity contribution in [3.8, 4) is 11.1 Å². The molecule has 0 radical (unpaired) electrons. The van der Waals surface area contributed by atoms with Gasteiger partial charge in [0.25, 0.3) is 0 Å². The second-order valence-corrected chi connectivity index (χ2v) is 7.58. The molecule has 0 saturated heterocycles. The fourth-order valence-electron chi connectivity index (χ4n) is 3.41. The van der Waals surface area contributed by atoms with Gasteiger partial charge in [-0.25, -0.2) is 19.0 Å². The largest absolute Gasteiger partial charge is 0.334 e. The number of carbonyl (C=O) groups excluding carboxylic acids is 1. The number of unbranched alkanes of at least 4 members (excludes halogenated alkanes) is 2. The molecule has 3 N–H and O–H groups in total. The van der Waals surface area contributed by atoms with Crippen LogP contribution in [0.3, 0.4) is 0 Å². The number of benzene rings is 1. The van der Waals surface area contributed by atoms with E-state index in [1.807, 2.05) is 6.92 Å². The van der Waals surface area contributed by atoms with Gasteiger partial charge in [0.2, 0.25) is 0 Å². The Morgan fingerprint density at radius 3 is 2.80 bits per heavy atom. The molecule has 3 aromatic rings. The SMILES string of the molecule is CCCCCC(C)N(C)C(=O)NCc1ccc(-c2ccnc3[nH]c(=O)[nH]c23)cc1F. The van der Waals surface area contributed by atoms with Gasteiger partial charge >= 0.3 is 11.7 Å². The number of amides is 2. The van der Waals surface area contributed by atoms with E-state index < -0.39 is 5.82 Å². The summed E-state index contributed by atoms with van der Waals surface area (Å²) < 4.78 is 14.7. The van der Waals surface area contributed by atoms with E-state index in [1.54, 1.807) is 36.3 Å². The Bertz CT molecular complexity index is 1070. The lowest BCUT2D eigenvalue weighted by Crippen LogP contribution is -2.42. The second kappa shape index (κ2) is 9.56. The van der Waals surface area contributed by atoms with Gasteiger partial charge in [-0.1, -0.05) is 38.3 Å². The van der Waals surface area contributed by atoms with Crippen molar-refractivity contribution in [3.63, 3.8) is 0 Å². The summed E-state index contributed by atoms with van der Waals surface area (Å²) in [4.78, 5) is 35.0. The summed E-state index contributed by atoms with van der Waals surface area (Å²) >= 11 is 0. The Labute approximate surface area is 174 Å². The van der Waals surface area contributed by atoms with Crippen LogP contribution in [0.15, 0.2) is 35.3 Å². The van der Waals surface area contributed by atoms with Gasteiger partial charge in [0, 0.05) is 37.0 Å². The number of pyridine rings is 1. The third-order valence-corrected chi connectivity index (χ3v) is 5.42. The predicted molar refractivity (Wildman–Crippen MR) is 116 cm³/mol. The van der Waals surface area contributed by atoms with Crippen molar-refractivity contribution in [2.24, 2.45) is 0 Å². The number of nitrogens with one attached hydrogen (secondary N) is 3. The number of halogens is 1. The summed E-state index contributed by atoms with van der Waals surface area (Å²) in [6.07, 6.45) is 5.88. The lowest BCUT2D eigenvalue weighted by atomic mass is 10.0. The van der Waals surface area contributed by atoms with E-state index >= 15 is 0 Å². The molecule has 2 aromatic heterocycles. The number of fused-ring (bicyclic) bond motifs is 1. The average Bonchev–Trinajstić information content (AvgIpc) is 3.12.